The number of fused-ring (bicyclic) bond motifs is 2. The molecule has 0 heterocycles. The van der Waals surface area contributed by atoms with Crippen LogP contribution in [0.3, 0.4) is 0 Å². The number of anilines is 1. The minimum atomic E-state index is -0.330. The fourth-order valence-corrected chi connectivity index (χ4v) is 3.44. The van der Waals surface area contributed by atoms with Crippen LogP contribution in [0.1, 0.15) is 25.7 Å². The fourth-order valence-electron chi connectivity index (χ4n) is 3.44. The van der Waals surface area contributed by atoms with E-state index in [0.717, 1.165) is 17.5 Å². The summed E-state index contributed by atoms with van der Waals surface area (Å²) in [6.45, 7) is 0.583. The highest BCUT2D eigenvalue weighted by Crippen LogP contribution is 2.48. The molecule has 0 spiro atoms. The summed E-state index contributed by atoms with van der Waals surface area (Å²) in [6, 6.07) is 9.43. The van der Waals surface area contributed by atoms with E-state index in [4.69, 9.17) is 4.74 Å². The number of ether oxygens (including phenoxy) is 1. The summed E-state index contributed by atoms with van der Waals surface area (Å²) < 4.78 is 5.33. The second-order valence-corrected chi connectivity index (χ2v) is 5.52. The van der Waals surface area contributed by atoms with E-state index in [1.54, 1.807) is 0 Å². The molecule has 1 N–H and O–H groups in total. The molecule has 2 saturated carbocycles. The molecule has 1 aromatic carbocycles. The van der Waals surface area contributed by atoms with Crippen LogP contribution >= 0.6 is 0 Å². The Labute approximate surface area is 108 Å². The van der Waals surface area contributed by atoms with Gasteiger partial charge in [-0.1, -0.05) is 24.6 Å². The number of carbonyl (C=O) groups excluding carboxylic acids is 1. The van der Waals surface area contributed by atoms with Gasteiger partial charge in [-0.3, -0.25) is 5.32 Å². The largest absolute Gasteiger partial charge is 0.449 e. The molecule has 2 aliphatic carbocycles. The lowest BCUT2D eigenvalue weighted by Gasteiger charge is -2.21. The molecule has 0 aromatic heterocycles. The van der Waals surface area contributed by atoms with Crippen molar-refractivity contribution >= 4 is 11.8 Å². The van der Waals surface area contributed by atoms with Gasteiger partial charge in [0.25, 0.3) is 0 Å². The lowest BCUT2D eigenvalue weighted by Crippen LogP contribution is -2.22. The average molecular weight is 245 g/mol. The second kappa shape index (κ2) is 5.01. The highest BCUT2D eigenvalue weighted by Gasteiger charge is 2.39. The molecule has 2 bridgehead atoms. The predicted octanol–water partition coefficient (Wildman–Crippen LogP) is 3.67. The molecule has 18 heavy (non-hydrogen) atoms. The van der Waals surface area contributed by atoms with Gasteiger partial charge in [0.2, 0.25) is 0 Å². The number of hydrogen-bond donors (Lipinski definition) is 1. The first kappa shape index (κ1) is 11.6. The lowest BCUT2D eigenvalue weighted by molar-refractivity contribution is 0.122. The van der Waals surface area contributed by atoms with Gasteiger partial charge in [-0.05, 0) is 49.1 Å². The topological polar surface area (TPSA) is 38.3 Å². The third-order valence-electron chi connectivity index (χ3n) is 4.33. The average Bonchev–Trinajstić information content (AvgIpc) is 3.00. The Hall–Kier alpha value is -1.51. The molecule has 0 aliphatic heterocycles. The van der Waals surface area contributed by atoms with E-state index in [2.05, 4.69) is 5.32 Å². The number of carbonyl (C=O) groups is 1. The van der Waals surface area contributed by atoms with Crippen molar-refractivity contribution < 1.29 is 9.53 Å². The first-order valence-electron chi connectivity index (χ1n) is 6.80. The Balaban J connectivity index is 1.45. The van der Waals surface area contributed by atoms with Crippen molar-refractivity contribution in [3.8, 4) is 0 Å². The zero-order valence-electron chi connectivity index (χ0n) is 10.5. The van der Waals surface area contributed by atoms with Gasteiger partial charge in [0.15, 0.2) is 0 Å². The van der Waals surface area contributed by atoms with Crippen molar-refractivity contribution in [2.75, 3.05) is 11.9 Å². The van der Waals surface area contributed by atoms with E-state index < -0.39 is 0 Å². The maximum absolute atomic E-state index is 11.6. The molecule has 96 valence electrons. The van der Waals surface area contributed by atoms with Gasteiger partial charge >= 0.3 is 6.09 Å². The van der Waals surface area contributed by atoms with Crippen LogP contribution in [0.25, 0.3) is 0 Å². The predicted molar refractivity (Wildman–Crippen MR) is 70.4 cm³/mol. The quantitative estimate of drug-likeness (QED) is 0.882. The summed E-state index contributed by atoms with van der Waals surface area (Å²) in [4.78, 5) is 11.6. The standard InChI is InChI=1S/C15H19NO2/c17-15(16-14-4-2-1-3-5-14)18-10-13-9-11-6-7-12(13)8-11/h1-5,11-13H,6-10H2,(H,16,17)/t11-,12+,13-/m0/s1. The fraction of sp³-hybridized carbons (Fsp3) is 0.533. The SMILES string of the molecule is O=C(Nc1ccccc1)OC[C@@H]1C[C@H]2CC[C@@H]1C2. The Kier molecular flexibility index (Phi) is 3.22. The van der Waals surface area contributed by atoms with E-state index in [1.807, 2.05) is 30.3 Å². The zero-order chi connectivity index (χ0) is 12.4. The number of benzene rings is 1. The van der Waals surface area contributed by atoms with E-state index in [1.165, 1.54) is 25.7 Å². The van der Waals surface area contributed by atoms with Gasteiger partial charge in [-0.2, -0.15) is 0 Å². The molecule has 2 aliphatic rings. The van der Waals surface area contributed by atoms with Crippen molar-refractivity contribution in [1.82, 2.24) is 0 Å². The Bertz CT molecular complexity index is 418. The molecular weight excluding hydrogens is 226 g/mol. The summed E-state index contributed by atoms with van der Waals surface area (Å²) in [5, 5.41) is 2.75. The summed E-state index contributed by atoms with van der Waals surface area (Å²) in [5.74, 6) is 2.31. The van der Waals surface area contributed by atoms with E-state index in [0.29, 0.717) is 12.5 Å². The molecule has 1 aromatic rings. The van der Waals surface area contributed by atoms with Gasteiger partial charge < -0.3 is 4.74 Å². The third-order valence-corrected chi connectivity index (χ3v) is 4.33. The maximum Gasteiger partial charge on any atom is 0.411 e. The van der Waals surface area contributed by atoms with Crippen molar-refractivity contribution in [2.45, 2.75) is 25.7 Å². The molecule has 2 fully saturated rings. The van der Waals surface area contributed by atoms with E-state index in [-0.39, 0.29) is 6.09 Å². The zero-order valence-corrected chi connectivity index (χ0v) is 10.5. The van der Waals surface area contributed by atoms with Crippen LogP contribution in [-0.4, -0.2) is 12.7 Å². The number of hydrogen-bond acceptors (Lipinski definition) is 2. The van der Waals surface area contributed by atoms with Crippen LogP contribution in [0.4, 0.5) is 10.5 Å². The molecule has 0 saturated heterocycles. The van der Waals surface area contributed by atoms with E-state index in [9.17, 15) is 4.79 Å². The van der Waals surface area contributed by atoms with Crippen molar-refractivity contribution in [2.24, 2.45) is 17.8 Å². The maximum atomic E-state index is 11.6. The summed E-state index contributed by atoms with van der Waals surface area (Å²) in [6.07, 6.45) is 5.00. The highest BCUT2D eigenvalue weighted by atomic mass is 16.5. The van der Waals surface area contributed by atoms with Crippen molar-refractivity contribution in [3.63, 3.8) is 0 Å². The first-order chi connectivity index (χ1) is 8.81. The molecule has 0 unspecified atom stereocenters. The molecule has 3 nitrogen and oxygen atoms in total. The summed E-state index contributed by atoms with van der Waals surface area (Å²) >= 11 is 0. The molecule has 3 atom stereocenters. The lowest BCUT2D eigenvalue weighted by atomic mass is 9.90. The first-order valence-corrected chi connectivity index (χ1v) is 6.80. The smallest absolute Gasteiger partial charge is 0.411 e. The number of rotatable bonds is 3. The van der Waals surface area contributed by atoms with Crippen LogP contribution in [0.5, 0.6) is 0 Å². The summed E-state index contributed by atoms with van der Waals surface area (Å²) in [7, 11) is 0. The van der Waals surface area contributed by atoms with E-state index >= 15 is 0 Å². The monoisotopic (exact) mass is 245 g/mol. The number of nitrogens with one attached hydrogen (secondary N) is 1. The van der Waals surface area contributed by atoms with Crippen molar-refractivity contribution in [3.05, 3.63) is 30.3 Å². The van der Waals surface area contributed by atoms with Gasteiger partial charge in [-0.25, -0.2) is 4.79 Å². The van der Waals surface area contributed by atoms with Crippen LogP contribution in [0.2, 0.25) is 0 Å². The van der Waals surface area contributed by atoms with Gasteiger partial charge in [0.05, 0.1) is 6.61 Å². The minimum absolute atomic E-state index is 0.330. The number of amides is 1. The third kappa shape index (κ3) is 2.50. The number of para-hydroxylation sites is 1. The molecule has 3 heteroatoms. The molecular formula is C15H19NO2. The van der Waals surface area contributed by atoms with Crippen LogP contribution < -0.4 is 5.32 Å². The van der Waals surface area contributed by atoms with Crippen molar-refractivity contribution in [1.29, 1.82) is 0 Å². The highest BCUT2D eigenvalue weighted by molar-refractivity contribution is 5.84. The molecule has 0 radical (unpaired) electrons. The van der Waals surface area contributed by atoms with Gasteiger partial charge in [0, 0.05) is 5.69 Å². The second-order valence-electron chi connectivity index (χ2n) is 5.52. The van der Waals surface area contributed by atoms with Crippen LogP contribution in [-0.2, 0) is 4.74 Å². The van der Waals surface area contributed by atoms with Gasteiger partial charge in [0.1, 0.15) is 0 Å². The van der Waals surface area contributed by atoms with Crippen LogP contribution in [0, 0.1) is 17.8 Å². The normalized spacial score (nSPS) is 29.2. The summed E-state index contributed by atoms with van der Waals surface area (Å²) in [5.41, 5.74) is 0.787. The molecule has 1 amide bonds. The van der Waals surface area contributed by atoms with Crippen LogP contribution in [0.15, 0.2) is 30.3 Å². The Morgan fingerprint density at radius 3 is 2.72 bits per heavy atom. The Morgan fingerprint density at radius 1 is 1.22 bits per heavy atom. The molecule has 3 rings (SSSR count). The Morgan fingerprint density at radius 2 is 2.06 bits per heavy atom. The van der Waals surface area contributed by atoms with Gasteiger partial charge in [-0.15, -0.1) is 0 Å². The minimum Gasteiger partial charge on any atom is -0.449 e.